The van der Waals surface area contributed by atoms with Gasteiger partial charge >= 0.3 is 0 Å². The van der Waals surface area contributed by atoms with Crippen molar-refractivity contribution < 1.29 is 0 Å². The van der Waals surface area contributed by atoms with Gasteiger partial charge in [0, 0.05) is 30.0 Å². The van der Waals surface area contributed by atoms with Crippen molar-refractivity contribution in [3.05, 3.63) is 46.5 Å². The van der Waals surface area contributed by atoms with Crippen LogP contribution >= 0.6 is 11.5 Å². The van der Waals surface area contributed by atoms with Crippen LogP contribution in [0.25, 0.3) is 0 Å². The van der Waals surface area contributed by atoms with E-state index in [1.54, 1.807) is 12.5 Å². The summed E-state index contributed by atoms with van der Waals surface area (Å²) >= 11 is 1.44. The van der Waals surface area contributed by atoms with Gasteiger partial charge in [0.1, 0.15) is 5.82 Å². The van der Waals surface area contributed by atoms with Crippen molar-refractivity contribution in [2.24, 2.45) is 7.05 Å². The van der Waals surface area contributed by atoms with Gasteiger partial charge in [0.2, 0.25) is 0 Å². The molecule has 1 N–H and O–H groups in total. The predicted molar refractivity (Wildman–Crippen MR) is 94.6 cm³/mol. The van der Waals surface area contributed by atoms with E-state index in [0.29, 0.717) is 0 Å². The second-order valence-electron chi connectivity index (χ2n) is 5.22. The molecule has 0 bridgehead atoms. The molecule has 3 aromatic heterocycles. The van der Waals surface area contributed by atoms with Gasteiger partial charge in [0.25, 0.3) is 0 Å². The van der Waals surface area contributed by atoms with Gasteiger partial charge in [-0.05, 0) is 45.6 Å². The third-order valence-electron chi connectivity index (χ3n) is 3.36. The highest BCUT2D eigenvalue weighted by Crippen LogP contribution is 2.04. The van der Waals surface area contributed by atoms with Gasteiger partial charge < -0.3 is 9.55 Å². The lowest BCUT2D eigenvalue weighted by Crippen LogP contribution is -1.86. The van der Waals surface area contributed by atoms with E-state index in [1.807, 2.05) is 38.6 Å². The topological polar surface area (TPSA) is 72.3 Å². The summed E-state index contributed by atoms with van der Waals surface area (Å²) in [4.78, 5) is 12.4. The number of rotatable bonds is 2. The molecule has 3 heterocycles. The summed E-state index contributed by atoms with van der Waals surface area (Å²) < 4.78 is 5.69. The van der Waals surface area contributed by atoms with Gasteiger partial charge in [-0.3, -0.25) is 0 Å². The second kappa shape index (κ2) is 9.89. The second-order valence-corrected chi connectivity index (χ2v) is 6.18. The largest absolute Gasteiger partial charge is 0.348 e. The third-order valence-corrected chi connectivity index (χ3v) is 4.09. The maximum Gasteiger partial charge on any atom is 0.105 e. The number of imidazole rings is 2. The molecule has 0 saturated carbocycles. The Bertz CT molecular complexity index is 611. The Balaban J connectivity index is 0.000000175. The molecule has 3 aromatic rings. The highest BCUT2D eigenvalue weighted by molar-refractivity contribution is 7.05. The Morgan fingerprint density at radius 1 is 1.17 bits per heavy atom. The number of aromatic amines is 1. The molecule has 23 heavy (non-hydrogen) atoms. The molecular weight excluding hydrogens is 308 g/mol. The zero-order valence-electron chi connectivity index (χ0n) is 14.8. The zero-order chi connectivity index (χ0) is 17.2. The summed E-state index contributed by atoms with van der Waals surface area (Å²) in [7, 11) is 1.97. The van der Waals surface area contributed by atoms with E-state index in [2.05, 4.69) is 38.4 Å². The van der Waals surface area contributed by atoms with Crippen molar-refractivity contribution in [3.8, 4) is 0 Å². The zero-order valence-corrected chi connectivity index (χ0v) is 15.6. The molecule has 0 unspecified atom stereocenters. The van der Waals surface area contributed by atoms with Crippen molar-refractivity contribution in [1.29, 1.82) is 0 Å². The molecule has 7 heteroatoms. The number of nitrogens with one attached hydrogen (secondary N) is 1. The Kier molecular flexibility index (Phi) is 8.18. The lowest BCUT2D eigenvalue weighted by atomic mass is 10.2. The molecule has 0 aliphatic heterocycles. The summed E-state index contributed by atoms with van der Waals surface area (Å²) in [6.07, 6.45) is 7.73. The highest BCUT2D eigenvalue weighted by Gasteiger charge is 1.96. The van der Waals surface area contributed by atoms with Crippen molar-refractivity contribution >= 4 is 11.5 Å². The first-order chi connectivity index (χ1) is 11.0. The summed E-state index contributed by atoms with van der Waals surface area (Å²) in [5, 5.41) is 3.78. The molecular formula is C16H26N6S. The lowest BCUT2D eigenvalue weighted by molar-refractivity contribution is 0.858. The minimum atomic E-state index is 1.05. The van der Waals surface area contributed by atoms with E-state index in [-0.39, 0.29) is 0 Å². The van der Waals surface area contributed by atoms with Crippen molar-refractivity contribution in [2.45, 2.75) is 47.5 Å². The van der Waals surface area contributed by atoms with Crippen LogP contribution in [0.5, 0.6) is 0 Å². The number of aromatic nitrogens is 6. The van der Waals surface area contributed by atoms with Crippen LogP contribution in [0.15, 0.2) is 18.7 Å². The van der Waals surface area contributed by atoms with E-state index in [4.69, 9.17) is 0 Å². The van der Waals surface area contributed by atoms with Crippen LogP contribution in [0.4, 0.5) is 0 Å². The minimum Gasteiger partial charge on any atom is -0.348 e. The number of aryl methyl sites for hydroxylation is 6. The summed E-state index contributed by atoms with van der Waals surface area (Å²) in [6, 6.07) is 0. The minimum absolute atomic E-state index is 1.05. The molecule has 0 spiro atoms. The lowest BCUT2D eigenvalue weighted by Gasteiger charge is -1.90. The fourth-order valence-corrected chi connectivity index (χ4v) is 2.05. The summed E-state index contributed by atoms with van der Waals surface area (Å²) in [5.74, 6) is 1.06. The van der Waals surface area contributed by atoms with E-state index in [0.717, 1.165) is 17.9 Å². The molecule has 0 aliphatic carbocycles. The summed E-state index contributed by atoms with van der Waals surface area (Å²) in [6.45, 7) is 10.2. The first kappa shape index (κ1) is 19.0. The quantitative estimate of drug-likeness (QED) is 0.778. The fraction of sp³-hybridized carbons (Fsp3) is 0.500. The molecule has 0 saturated heterocycles. The molecule has 0 atom stereocenters. The number of hydrogen-bond acceptors (Lipinski definition) is 5. The van der Waals surface area contributed by atoms with Crippen LogP contribution < -0.4 is 0 Å². The predicted octanol–water partition coefficient (Wildman–Crippen LogP) is 3.55. The summed E-state index contributed by atoms with van der Waals surface area (Å²) in [5.41, 5.74) is 3.46. The van der Waals surface area contributed by atoms with Gasteiger partial charge in [-0.15, -0.1) is 5.10 Å². The first-order valence-corrected chi connectivity index (χ1v) is 8.41. The molecule has 0 fully saturated rings. The normalized spacial score (nSPS) is 9.65. The van der Waals surface area contributed by atoms with Crippen LogP contribution in [-0.4, -0.2) is 29.1 Å². The van der Waals surface area contributed by atoms with Crippen molar-refractivity contribution in [3.63, 3.8) is 0 Å². The average molecular weight is 334 g/mol. The Hall–Kier alpha value is -2.02. The monoisotopic (exact) mass is 334 g/mol. The molecule has 6 nitrogen and oxygen atoms in total. The number of nitrogens with zero attached hydrogens (tertiary/aromatic N) is 5. The van der Waals surface area contributed by atoms with Gasteiger partial charge in [0.05, 0.1) is 17.7 Å². The van der Waals surface area contributed by atoms with Crippen LogP contribution in [0, 0.1) is 27.7 Å². The van der Waals surface area contributed by atoms with Crippen LogP contribution in [0.2, 0.25) is 0 Å². The van der Waals surface area contributed by atoms with E-state index in [9.17, 15) is 0 Å². The third kappa shape index (κ3) is 6.73. The Morgan fingerprint density at radius 3 is 2.17 bits per heavy atom. The van der Waals surface area contributed by atoms with Crippen LogP contribution in [0.1, 0.15) is 41.1 Å². The van der Waals surface area contributed by atoms with E-state index >= 15 is 0 Å². The van der Waals surface area contributed by atoms with Crippen LogP contribution in [0.3, 0.4) is 0 Å². The van der Waals surface area contributed by atoms with Gasteiger partial charge in [-0.1, -0.05) is 17.8 Å². The molecule has 126 valence electrons. The molecule has 0 radical (unpaired) electrons. The highest BCUT2D eigenvalue weighted by atomic mass is 32.1. The standard InChI is InChI=1S/C7H12N2.C5H8N2.C4H6N2S/c1-3-4-7-6(2)8-5-9-7;1-5-6-3-4-7(5)2;1-3-4(2)7-6-5-3/h5H,3-4H2,1-2H3,(H,8,9);3-4H,1-2H3;1-2H3. The molecule has 0 aliphatic rings. The molecule has 0 amide bonds. The molecule has 3 rings (SSSR count). The molecule has 0 aromatic carbocycles. The van der Waals surface area contributed by atoms with E-state index < -0.39 is 0 Å². The Morgan fingerprint density at radius 2 is 1.91 bits per heavy atom. The maximum atomic E-state index is 4.15. The SMILES string of the molecule is CCCc1nc[nH]c1C.Cc1nccn1C.Cc1nnsc1C. The fourth-order valence-electron chi connectivity index (χ4n) is 1.60. The Labute approximate surface area is 142 Å². The maximum absolute atomic E-state index is 4.15. The average Bonchev–Trinajstić information content (AvgIpc) is 3.20. The first-order valence-electron chi connectivity index (χ1n) is 7.64. The smallest absolute Gasteiger partial charge is 0.105 e. The van der Waals surface area contributed by atoms with Crippen LogP contribution in [-0.2, 0) is 13.5 Å². The van der Waals surface area contributed by atoms with E-state index in [1.165, 1.54) is 34.2 Å². The van der Waals surface area contributed by atoms with Crippen molar-refractivity contribution in [1.82, 2.24) is 29.1 Å². The van der Waals surface area contributed by atoms with Crippen molar-refractivity contribution in [2.75, 3.05) is 0 Å². The number of hydrogen-bond donors (Lipinski definition) is 1. The van der Waals surface area contributed by atoms with Gasteiger partial charge in [-0.25, -0.2) is 9.97 Å². The number of H-pyrrole nitrogens is 1. The van der Waals surface area contributed by atoms with Gasteiger partial charge in [-0.2, -0.15) is 0 Å². The van der Waals surface area contributed by atoms with Gasteiger partial charge in [0.15, 0.2) is 0 Å².